The van der Waals surface area contributed by atoms with E-state index in [-0.39, 0.29) is 0 Å². The topological polar surface area (TPSA) is 0 Å². The van der Waals surface area contributed by atoms with E-state index in [9.17, 15) is 0 Å². The zero-order valence-electron chi connectivity index (χ0n) is 15.4. The summed E-state index contributed by atoms with van der Waals surface area (Å²) in [6, 6.07) is 14.8. The summed E-state index contributed by atoms with van der Waals surface area (Å²) in [5.41, 5.74) is 4.11. The fraction of sp³-hybridized carbons (Fsp3) is 0.364. The first-order valence-electron chi connectivity index (χ1n) is 8.18. The van der Waals surface area contributed by atoms with Crippen molar-refractivity contribution in [1.29, 1.82) is 0 Å². The standard InChI is InChI=1S/C11H10.C8H14.C3H8/c1-9-5-4-7-10-6-2-3-8-11(9)10;1-5-6-8(4)7(2)3;1-3-2/h2-8H,1H3;5-6H,1-4H3;3H2,1-2H3/b;6-5-;. The van der Waals surface area contributed by atoms with Gasteiger partial charge in [0.1, 0.15) is 0 Å². The number of rotatable bonds is 1. The normalized spacial score (nSPS) is 9.59. The van der Waals surface area contributed by atoms with Gasteiger partial charge in [-0.15, -0.1) is 0 Å². The average molecular weight is 296 g/mol. The fourth-order valence-electron chi connectivity index (χ4n) is 1.80. The van der Waals surface area contributed by atoms with Gasteiger partial charge in [-0.25, -0.2) is 0 Å². The predicted molar refractivity (Wildman–Crippen MR) is 104 cm³/mol. The van der Waals surface area contributed by atoms with Gasteiger partial charge < -0.3 is 0 Å². The largest absolute Gasteiger partial charge is 0.0874 e. The van der Waals surface area contributed by atoms with E-state index >= 15 is 0 Å². The molecule has 0 unspecified atom stereocenters. The summed E-state index contributed by atoms with van der Waals surface area (Å²) in [6.45, 7) is 14.8. The molecule has 2 aromatic rings. The predicted octanol–water partition coefficient (Wildman–Crippen LogP) is 7.48. The van der Waals surface area contributed by atoms with Crippen molar-refractivity contribution in [3.63, 3.8) is 0 Å². The van der Waals surface area contributed by atoms with Crippen LogP contribution >= 0.6 is 0 Å². The van der Waals surface area contributed by atoms with Crippen molar-refractivity contribution in [2.24, 2.45) is 0 Å². The molecule has 0 aliphatic heterocycles. The quantitative estimate of drug-likeness (QED) is 0.478. The maximum Gasteiger partial charge on any atom is -0.0155 e. The Morgan fingerprint density at radius 1 is 0.909 bits per heavy atom. The Morgan fingerprint density at radius 2 is 1.45 bits per heavy atom. The van der Waals surface area contributed by atoms with Crippen molar-refractivity contribution in [2.75, 3.05) is 0 Å². The summed E-state index contributed by atoms with van der Waals surface area (Å²) in [5.74, 6) is 0. The van der Waals surface area contributed by atoms with Crippen LogP contribution < -0.4 is 0 Å². The molecule has 0 nitrogen and oxygen atoms in total. The molecule has 0 bridgehead atoms. The van der Waals surface area contributed by atoms with Crippen LogP contribution in [-0.4, -0.2) is 0 Å². The molecule has 0 aliphatic carbocycles. The molecule has 0 atom stereocenters. The Hall–Kier alpha value is -1.82. The molecule has 0 N–H and O–H groups in total. The molecule has 0 amide bonds. The van der Waals surface area contributed by atoms with Crippen LogP contribution in [0.15, 0.2) is 65.8 Å². The van der Waals surface area contributed by atoms with E-state index in [1.165, 1.54) is 33.9 Å². The van der Waals surface area contributed by atoms with E-state index in [1.807, 2.05) is 6.92 Å². The van der Waals surface area contributed by atoms with Crippen LogP contribution in [0.25, 0.3) is 10.8 Å². The van der Waals surface area contributed by atoms with Gasteiger partial charge in [0.15, 0.2) is 0 Å². The minimum absolute atomic E-state index is 1.25. The first kappa shape index (κ1) is 20.2. The lowest BCUT2D eigenvalue weighted by molar-refractivity contribution is 1.09. The molecule has 120 valence electrons. The number of hydrogen-bond donors (Lipinski definition) is 0. The lowest BCUT2D eigenvalue weighted by Crippen LogP contribution is -1.75. The smallest absolute Gasteiger partial charge is 0.0155 e. The molecule has 22 heavy (non-hydrogen) atoms. The van der Waals surface area contributed by atoms with Crippen LogP contribution in [0.2, 0.25) is 0 Å². The van der Waals surface area contributed by atoms with Gasteiger partial charge in [-0.1, -0.05) is 86.0 Å². The second kappa shape index (κ2) is 11.8. The van der Waals surface area contributed by atoms with Crippen LogP contribution in [-0.2, 0) is 0 Å². The Bertz CT molecular complexity index is 591. The van der Waals surface area contributed by atoms with Crippen LogP contribution in [0.3, 0.4) is 0 Å². The van der Waals surface area contributed by atoms with Gasteiger partial charge >= 0.3 is 0 Å². The first-order chi connectivity index (χ1) is 10.5. The molecule has 2 aromatic carbocycles. The zero-order valence-corrected chi connectivity index (χ0v) is 15.4. The van der Waals surface area contributed by atoms with E-state index in [0.29, 0.717) is 0 Å². The highest BCUT2D eigenvalue weighted by Crippen LogP contribution is 2.16. The highest BCUT2D eigenvalue weighted by Gasteiger charge is 1.92. The van der Waals surface area contributed by atoms with E-state index in [1.54, 1.807) is 0 Å². The van der Waals surface area contributed by atoms with Gasteiger partial charge in [-0.05, 0) is 51.0 Å². The number of aryl methyl sites for hydroxylation is 1. The third kappa shape index (κ3) is 7.83. The molecule has 0 saturated carbocycles. The summed E-state index contributed by atoms with van der Waals surface area (Å²) < 4.78 is 0. The van der Waals surface area contributed by atoms with Gasteiger partial charge in [0.05, 0.1) is 0 Å². The minimum Gasteiger partial charge on any atom is -0.0874 e. The van der Waals surface area contributed by atoms with E-state index in [4.69, 9.17) is 0 Å². The molecule has 0 spiro atoms. The monoisotopic (exact) mass is 296 g/mol. The number of fused-ring (bicyclic) bond motifs is 1. The Balaban J connectivity index is 0.000000356. The summed E-state index contributed by atoms with van der Waals surface area (Å²) in [4.78, 5) is 0. The summed E-state index contributed by atoms with van der Waals surface area (Å²) >= 11 is 0. The van der Waals surface area contributed by atoms with Crippen molar-refractivity contribution >= 4 is 10.8 Å². The SMILES string of the molecule is C/C=C\C(C)=C(C)C.CCC.Cc1cccc2ccccc12. The Kier molecular flexibility index (Phi) is 10.8. The van der Waals surface area contributed by atoms with Crippen molar-refractivity contribution in [1.82, 2.24) is 0 Å². The van der Waals surface area contributed by atoms with E-state index in [2.05, 4.69) is 96.2 Å². The second-order valence-corrected chi connectivity index (χ2v) is 5.69. The molecule has 0 heterocycles. The zero-order chi connectivity index (χ0) is 17.0. The maximum atomic E-state index is 2.16. The number of allylic oxidation sites excluding steroid dienone is 4. The van der Waals surface area contributed by atoms with Gasteiger partial charge in [-0.2, -0.15) is 0 Å². The van der Waals surface area contributed by atoms with Gasteiger partial charge in [0.25, 0.3) is 0 Å². The lowest BCUT2D eigenvalue weighted by atomic mass is 10.1. The van der Waals surface area contributed by atoms with Crippen LogP contribution in [0.5, 0.6) is 0 Å². The Morgan fingerprint density at radius 3 is 1.91 bits per heavy atom. The molecule has 0 radical (unpaired) electrons. The number of benzene rings is 2. The summed E-state index contributed by atoms with van der Waals surface area (Å²) in [7, 11) is 0. The Labute approximate surface area is 137 Å². The molecule has 0 aliphatic rings. The molecule has 0 saturated heterocycles. The van der Waals surface area contributed by atoms with Crippen molar-refractivity contribution in [2.45, 2.75) is 54.9 Å². The van der Waals surface area contributed by atoms with Crippen molar-refractivity contribution in [3.05, 3.63) is 71.3 Å². The van der Waals surface area contributed by atoms with E-state index in [0.717, 1.165) is 0 Å². The second-order valence-electron chi connectivity index (χ2n) is 5.69. The highest BCUT2D eigenvalue weighted by molar-refractivity contribution is 5.85. The van der Waals surface area contributed by atoms with E-state index < -0.39 is 0 Å². The lowest BCUT2D eigenvalue weighted by Gasteiger charge is -1.98. The van der Waals surface area contributed by atoms with Crippen LogP contribution in [0.1, 0.15) is 53.5 Å². The summed E-state index contributed by atoms with van der Waals surface area (Å²) in [6.07, 6.45) is 5.43. The third-order valence-electron chi connectivity index (χ3n) is 3.21. The molecular formula is C22H32. The van der Waals surface area contributed by atoms with Crippen LogP contribution in [0, 0.1) is 6.92 Å². The maximum absolute atomic E-state index is 2.16. The molecule has 0 aromatic heterocycles. The van der Waals surface area contributed by atoms with Crippen molar-refractivity contribution in [3.8, 4) is 0 Å². The highest BCUT2D eigenvalue weighted by atomic mass is 14.0. The first-order valence-corrected chi connectivity index (χ1v) is 8.18. The molecule has 2 rings (SSSR count). The van der Waals surface area contributed by atoms with Gasteiger partial charge in [-0.3, -0.25) is 0 Å². The fourth-order valence-corrected chi connectivity index (χ4v) is 1.80. The van der Waals surface area contributed by atoms with Crippen LogP contribution in [0.4, 0.5) is 0 Å². The molecule has 0 fully saturated rings. The van der Waals surface area contributed by atoms with Gasteiger partial charge in [0, 0.05) is 0 Å². The molecule has 0 heteroatoms. The molecular weight excluding hydrogens is 264 g/mol. The van der Waals surface area contributed by atoms with Gasteiger partial charge in [0.2, 0.25) is 0 Å². The number of hydrogen-bond acceptors (Lipinski definition) is 0. The average Bonchev–Trinajstić information content (AvgIpc) is 2.49. The summed E-state index contributed by atoms with van der Waals surface area (Å²) in [5, 5.41) is 2.68. The third-order valence-corrected chi connectivity index (χ3v) is 3.21. The minimum atomic E-state index is 1.25. The van der Waals surface area contributed by atoms with Crippen molar-refractivity contribution < 1.29 is 0 Å².